The zero-order chi connectivity index (χ0) is 21.6. The minimum atomic E-state index is -0.0667. The number of nitrogens with zero attached hydrogens (tertiary/aromatic N) is 2. The second-order valence-electron chi connectivity index (χ2n) is 9.22. The first-order chi connectivity index (χ1) is 15.2. The van der Waals surface area contributed by atoms with E-state index < -0.39 is 0 Å². The maximum atomic E-state index is 12.5. The summed E-state index contributed by atoms with van der Waals surface area (Å²) in [5.41, 5.74) is 1.92. The Morgan fingerprint density at radius 3 is 2.29 bits per heavy atom. The molecule has 2 saturated heterocycles. The van der Waals surface area contributed by atoms with Crippen molar-refractivity contribution in [3.05, 3.63) is 29.8 Å². The Morgan fingerprint density at radius 1 is 0.935 bits per heavy atom. The normalized spacial score (nSPS) is 23.6. The summed E-state index contributed by atoms with van der Waals surface area (Å²) in [6, 6.07) is 8.78. The highest BCUT2D eigenvalue weighted by atomic mass is 16.5. The van der Waals surface area contributed by atoms with Crippen LogP contribution in [-0.2, 0) is 9.53 Å². The van der Waals surface area contributed by atoms with E-state index in [4.69, 9.17) is 4.74 Å². The summed E-state index contributed by atoms with van der Waals surface area (Å²) in [6.45, 7) is 5.29. The fourth-order valence-corrected chi connectivity index (χ4v) is 5.50. The lowest BCUT2D eigenvalue weighted by molar-refractivity contribution is -0.152. The number of ether oxygens (including phenoxy) is 1. The number of anilines is 1. The number of carbonyl (C=O) groups excluding carboxylic acids is 2. The van der Waals surface area contributed by atoms with Gasteiger partial charge in [0.25, 0.3) is 5.91 Å². The second-order valence-corrected chi connectivity index (χ2v) is 9.22. The van der Waals surface area contributed by atoms with Crippen LogP contribution in [0.5, 0.6) is 0 Å². The van der Waals surface area contributed by atoms with Gasteiger partial charge < -0.3 is 15.0 Å². The summed E-state index contributed by atoms with van der Waals surface area (Å²) in [4.78, 5) is 29.7. The molecular formula is C25H37N3O3. The van der Waals surface area contributed by atoms with Crippen molar-refractivity contribution in [2.24, 2.45) is 0 Å². The number of rotatable bonds is 6. The molecule has 1 atom stereocenters. The molecular weight excluding hydrogens is 390 g/mol. The van der Waals surface area contributed by atoms with Gasteiger partial charge in [0.1, 0.15) is 6.04 Å². The minimum absolute atomic E-state index is 0.0453. The summed E-state index contributed by atoms with van der Waals surface area (Å²) in [7, 11) is 0. The summed E-state index contributed by atoms with van der Waals surface area (Å²) < 4.78 is 5.34. The monoisotopic (exact) mass is 427 g/mol. The van der Waals surface area contributed by atoms with Gasteiger partial charge in [-0.15, -0.1) is 0 Å². The van der Waals surface area contributed by atoms with Gasteiger partial charge in [-0.25, -0.2) is 0 Å². The van der Waals surface area contributed by atoms with Crippen molar-refractivity contribution in [1.29, 1.82) is 0 Å². The Bertz CT molecular complexity index is 737. The van der Waals surface area contributed by atoms with Crippen molar-refractivity contribution in [3.63, 3.8) is 0 Å². The molecule has 1 amide bonds. The molecule has 2 aliphatic heterocycles. The van der Waals surface area contributed by atoms with Gasteiger partial charge in [0.05, 0.1) is 6.61 Å². The first-order valence-corrected chi connectivity index (χ1v) is 12.2. The molecule has 6 heteroatoms. The number of piperidine rings is 2. The van der Waals surface area contributed by atoms with Gasteiger partial charge in [-0.05, 0) is 76.3 Å². The van der Waals surface area contributed by atoms with Crippen LogP contribution < -0.4 is 10.2 Å². The lowest BCUT2D eigenvalue weighted by Crippen LogP contribution is -2.54. The van der Waals surface area contributed by atoms with Gasteiger partial charge in [0.15, 0.2) is 0 Å². The number of hydrogen-bond donors (Lipinski definition) is 1. The second kappa shape index (κ2) is 10.5. The SMILES string of the molecule is CCOC(=O)[C@H]1CCCCN1C1CCN(c2ccc(C(=O)NC3CCCC3)cc2)CC1. The van der Waals surface area contributed by atoms with E-state index in [0.717, 1.165) is 63.7 Å². The molecule has 0 radical (unpaired) electrons. The van der Waals surface area contributed by atoms with E-state index >= 15 is 0 Å². The van der Waals surface area contributed by atoms with Crippen LogP contribution >= 0.6 is 0 Å². The van der Waals surface area contributed by atoms with Crippen LogP contribution in [0.25, 0.3) is 0 Å². The number of esters is 1. The van der Waals surface area contributed by atoms with Crippen molar-refractivity contribution in [1.82, 2.24) is 10.2 Å². The third-order valence-corrected chi connectivity index (χ3v) is 7.22. The molecule has 170 valence electrons. The average molecular weight is 428 g/mol. The lowest BCUT2D eigenvalue weighted by Gasteiger charge is -2.44. The molecule has 1 N–H and O–H groups in total. The highest BCUT2D eigenvalue weighted by Crippen LogP contribution is 2.28. The molecule has 1 aromatic carbocycles. The van der Waals surface area contributed by atoms with Crippen molar-refractivity contribution in [2.75, 3.05) is 31.1 Å². The number of benzene rings is 1. The molecule has 3 aliphatic rings. The summed E-state index contributed by atoms with van der Waals surface area (Å²) in [5.74, 6) is 0.00311. The third-order valence-electron chi connectivity index (χ3n) is 7.22. The number of likely N-dealkylation sites (tertiary alicyclic amines) is 1. The van der Waals surface area contributed by atoms with E-state index in [9.17, 15) is 9.59 Å². The maximum absolute atomic E-state index is 12.5. The molecule has 0 spiro atoms. The van der Waals surface area contributed by atoms with Crippen molar-refractivity contribution in [2.45, 2.75) is 82.8 Å². The van der Waals surface area contributed by atoms with Crippen LogP contribution in [0.1, 0.15) is 75.1 Å². The Labute approximate surface area is 186 Å². The Balaban J connectivity index is 1.31. The molecule has 0 aromatic heterocycles. The zero-order valence-corrected chi connectivity index (χ0v) is 18.9. The van der Waals surface area contributed by atoms with Gasteiger partial charge in [-0.2, -0.15) is 0 Å². The van der Waals surface area contributed by atoms with E-state index in [2.05, 4.69) is 27.2 Å². The van der Waals surface area contributed by atoms with E-state index in [1.807, 2.05) is 19.1 Å². The summed E-state index contributed by atoms with van der Waals surface area (Å²) in [6.07, 6.45) is 9.96. The molecule has 0 bridgehead atoms. The van der Waals surface area contributed by atoms with Crippen LogP contribution in [0.15, 0.2) is 24.3 Å². The summed E-state index contributed by atoms with van der Waals surface area (Å²) in [5, 5.41) is 3.16. The standard InChI is InChI=1S/C25H37N3O3/c1-2-31-25(30)23-9-5-6-16-28(23)22-14-17-27(18-15-22)21-12-10-19(11-13-21)24(29)26-20-7-3-4-8-20/h10-13,20,22-23H,2-9,14-18H2,1H3,(H,26,29)/t23-/m1/s1. The number of nitrogens with one attached hydrogen (secondary N) is 1. The van der Waals surface area contributed by atoms with Crippen LogP contribution in [0.3, 0.4) is 0 Å². The highest BCUT2D eigenvalue weighted by molar-refractivity contribution is 5.94. The van der Waals surface area contributed by atoms with Crippen molar-refractivity contribution in [3.8, 4) is 0 Å². The number of amides is 1. The maximum Gasteiger partial charge on any atom is 0.323 e. The van der Waals surface area contributed by atoms with Crippen LogP contribution in [0, 0.1) is 0 Å². The van der Waals surface area contributed by atoms with Gasteiger partial charge in [0.2, 0.25) is 0 Å². The van der Waals surface area contributed by atoms with Gasteiger partial charge in [-0.3, -0.25) is 14.5 Å². The van der Waals surface area contributed by atoms with Gasteiger partial charge in [-0.1, -0.05) is 19.3 Å². The lowest BCUT2D eigenvalue weighted by atomic mass is 9.94. The van der Waals surface area contributed by atoms with Crippen LogP contribution in [-0.4, -0.2) is 61.1 Å². The smallest absolute Gasteiger partial charge is 0.323 e. The molecule has 0 unspecified atom stereocenters. The van der Waals surface area contributed by atoms with Gasteiger partial charge in [0, 0.05) is 36.4 Å². The topological polar surface area (TPSA) is 61.9 Å². The van der Waals surface area contributed by atoms with Gasteiger partial charge >= 0.3 is 5.97 Å². The predicted molar refractivity (Wildman–Crippen MR) is 122 cm³/mol. The molecule has 2 heterocycles. The first-order valence-electron chi connectivity index (χ1n) is 12.2. The fourth-order valence-electron chi connectivity index (χ4n) is 5.50. The highest BCUT2D eigenvalue weighted by Gasteiger charge is 2.36. The van der Waals surface area contributed by atoms with Crippen molar-refractivity contribution >= 4 is 17.6 Å². The Hall–Kier alpha value is -2.08. The fraction of sp³-hybridized carbons (Fsp3) is 0.680. The van der Waals surface area contributed by atoms with E-state index in [-0.39, 0.29) is 17.9 Å². The molecule has 1 saturated carbocycles. The number of carbonyl (C=O) groups is 2. The van der Waals surface area contributed by atoms with E-state index in [1.54, 1.807) is 0 Å². The molecule has 6 nitrogen and oxygen atoms in total. The molecule has 1 aliphatic carbocycles. The average Bonchev–Trinajstić information content (AvgIpc) is 3.32. The molecule has 1 aromatic rings. The predicted octanol–water partition coefficient (Wildman–Crippen LogP) is 3.75. The van der Waals surface area contributed by atoms with Crippen LogP contribution in [0.2, 0.25) is 0 Å². The minimum Gasteiger partial charge on any atom is -0.465 e. The van der Waals surface area contributed by atoms with Crippen LogP contribution in [0.4, 0.5) is 5.69 Å². The Morgan fingerprint density at radius 2 is 1.61 bits per heavy atom. The number of hydrogen-bond acceptors (Lipinski definition) is 5. The zero-order valence-electron chi connectivity index (χ0n) is 18.9. The molecule has 31 heavy (non-hydrogen) atoms. The third kappa shape index (κ3) is 5.40. The first kappa shape index (κ1) is 22.1. The van der Waals surface area contributed by atoms with E-state index in [1.165, 1.54) is 24.9 Å². The van der Waals surface area contributed by atoms with Crippen molar-refractivity contribution < 1.29 is 14.3 Å². The van der Waals surface area contributed by atoms with E-state index in [0.29, 0.717) is 18.7 Å². The largest absolute Gasteiger partial charge is 0.465 e. The quantitative estimate of drug-likeness (QED) is 0.701. The molecule has 3 fully saturated rings. The summed E-state index contributed by atoms with van der Waals surface area (Å²) >= 11 is 0. The Kier molecular flexibility index (Phi) is 7.49. The molecule has 4 rings (SSSR count).